The molecule has 1 heterocycles. The van der Waals surface area contributed by atoms with Crippen molar-refractivity contribution in [3.63, 3.8) is 0 Å². The summed E-state index contributed by atoms with van der Waals surface area (Å²) in [7, 11) is 0. The van der Waals surface area contributed by atoms with Crippen LogP contribution in [0.4, 0.5) is 0 Å². The average Bonchev–Trinajstić information content (AvgIpc) is 3.37. The van der Waals surface area contributed by atoms with Gasteiger partial charge in [-0.05, 0) is 32.1 Å². The van der Waals surface area contributed by atoms with Gasteiger partial charge in [-0.25, -0.2) is 0 Å². The van der Waals surface area contributed by atoms with Crippen LogP contribution in [0, 0.1) is 0 Å². The Kier molecular flexibility index (Phi) is 26.0. The number of allylic oxidation sites excluding steroid dienone is 1. The Morgan fingerprint density at radius 3 is 1.80 bits per heavy atom. The molecule has 1 aliphatic heterocycles. The number of carbonyl (C=O) groups is 1. The maximum atomic E-state index is 12.7. The van der Waals surface area contributed by atoms with Crippen LogP contribution in [0.5, 0.6) is 0 Å². The van der Waals surface area contributed by atoms with Crippen LogP contribution in [-0.2, 0) is 14.3 Å². The van der Waals surface area contributed by atoms with Crippen LogP contribution in [0.25, 0.3) is 0 Å². The zero-order chi connectivity index (χ0) is 29.8. The molecule has 0 aliphatic carbocycles. The minimum Gasteiger partial charge on any atom is -0.459 e. The van der Waals surface area contributed by atoms with Crippen molar-refractivity contribution < 1.29 is 19.4 Å². The summed E-state index contributed by atoms with van der Waals surface area (Å²) in [5, 5.41) is 10.8. The molecule has 1 N–H and O–H groups in total. The van der Waals surface area contributed by atoms with Crippen LogP contribution in [0.3, 0.4) is 0 Å². The number of carbonyl (C=O) groups excluding carboxylic acids is 1. The molecule has 4 atom stereocenters. The van der Waals surface area contributed by atoms with Crippen LogP contribution >= 0.6 is 0 Å². The Morgan fingerprint density at radius 1 is 0.756 bits per heavy atom. The SMILES string of the molecule is C=CCCCCCCCC(O)C1CC(OC(=O)CCCCCCCCCCCCCCCCC)C(CCCCC)O1. The van der Waals surface area contributed by atoms with Crippen LogP contribution < -0.4 is 0 Å². The van der Waals surface area contributed by atoms with Crippen molar-refractivity contribution in [1.29, 1.82) is 0 Å². The van der Waals surface area contributed by atoms with Crippen LogP contribution in [0.1, 0.15) is 194 Å². The zero-order valence-corrected chi connectivity index (χ0v) is 27.6. The van der Waals surface area contributed by atoms with E-state index in [4.69, 9.17) is 9.47 Å². The normalized spacial score (nSPS) is 19.4. The fourth-order valence-electron chi connectivity index (χ4n) is 6.20. The van der Waals surface area contributed by atoms with Crippen molar-refractivity contribution in [3.8, 4) is 0 Å². The van der Waals surface area contributed by atoms with E-state index in [9.17, 15) is 9.90 Å². The second kappa shape index (κ2) is 27.9. The zero-order valence-electron chi connectivity index (χ0n) is 27.6. The van der Waals surface area contributed by atoms with Gasteiger partial charge in [0.15, 0.2) is 0 Å². The summed E-state index contributed by atoms with van der Waals surface area (Å²) in [5.74, 6) is -0.0801. The maximum Gasteiger partial charge on any atom is 0.306 e. The number of hydrogen-bond donors (Lipinski definition) is 1. The Bertz CT molecular complexity index is 591. The summed E-state index contributed by atoms with van der Waals surface area (Å²) in [4.78, 5) is 12.7. The highest BCUT2D eigenvalue weighted by Crippen LogP contribution is 2.31. The van der Waals surface area contributed by atoms with Gasteiger partial charge < -0.3 is 14.6 Å². The first-order chi connectivity index (χ1) is 20.1. The maximum absolute atomic E-state index is 12.7. The van der Waals surface area contributed by atoms with E-state index in [1.807, 2.05) is 6.08 Å². The molecule has 0 aromatic carbocycles. The standard InChI is InChI=1S/C37H70O4/c1-4-7-10-12-14-15-16-17-18-19-20-21-23-25-28-31-37(39)41-36-32-35(40-34(36)30-26-9-6-3)33(38)29-27-24-22-13-11-8-5-2/h5,33-36,38H,2,4,6-32H2,1,3H3. The number of esters is 1. The molecule has 1 rings (SSSR count). The lowest BCUT2D eigenvalue weighted by Gasteiger charge is -2.20. The molecule has 0 bridgehead atoms. The van der Waals surface area contributed by atoms with E-state index in [-0.39, 0.29) is 24.3 Å². The predicted molar refractivity (Wildman–Crippen MR) is 175 cm³/mol. The van der Waals surface area contributed by atoms with E-state index in [0.29, 0.717) is 12.8 Å². The van der Waals surface area contributed by atoms with Crippen LogP contribution in [-0.4, -0.2) is 35.5 Å². The first-order valence-electron chi connectivity index (χ1n) is 18.3. The molecule has 0 aromatic rings. The Labute approximate surface area is 255 Å². The van der Waals surface area contributed by atoms with E-state index >= 15 is 0 Å². The number of ether oxygens (including phenoxy) is 2. The molecule has 41 heavy (non-hydrogen) atoms. The van der Waals surface area contributed by atoms with Crippen molar-refractivity contribution in [3.05, 3.63) is 12.7 Å². The fourth-order valence-corrected chi connectivity index (χ4v) is 6.20. The topological polar surface area (TPSA) is 55.8 Å². The summed E-state index contributed by atoms with van der Waals surface area (Å²) in [6, 6.07) is 0. The lowest BCUT2D eigenvalue weighted by molar-refractivity contribution is -0.152. The minimum absolute atomic E-state index is 0.0647. The summed E-state index contributed by atoms with van der Waals surface area (Å²) in [5.41, 5.74) is 0. The average molecular weight is 579 g/mol. The molecule has 4 nitrogen and oxygen atoms in total. The third kappa shape index (κ3) is 21.5. The van der Waals surface area contributed by atoms with Crippen molar-refractivity contribution >= 4 is 5.97 Å². The number of rotatable bonds is 30. The largest absolute Gasteiger partial charge is 0.459 e. The van der Waals surface area contributed by atoms with Crippen molar-refractivity contribution in [2.45, 2.75) is 218 Å². The van der Waals surface area contributed by atoms with E-state index < -0.39 is 6.10 Å². The summed E-state index contributed by atoms with van der Waals surface area (Å²) >= 11 is 0. The van der Waals surface area contributed by atoms with E-state index in [1.54, 1.807) is 0 Å². The van der Waals surface area contributed by atoms with Gasteiger partial charge in [0, 0.05) is 12.8 Å². The first-order valence-corrected chi connectivity index (χ1v) is 18.3. The monoisotopic (exact) mass is 579 g/mol. The second-order valence-electron chi connectivity index (χ2n) is 12.9. The van der Waals surface area contributed by atoms with Crippen LogP contribution in [0.15, 0.2) is 12.7 Å². The minimum atomic E-state index is -0.462. The quantitative estimate of drug-likeness (QED) is 0.0523. The van der Waals surface area contributed by atoms with Gasteiger partial charge in [-0.2, -0.15) is 0 Å². The molecule has 4 unspecified atom stereocenters. The van der Waals surface area contributed by atoms with Crippen molar-refractivity contribution in [2.75, 3.05) is 0 Å². The van der Waals surface area contributed by atoms with E-state index in [1.165, 1.54) is 109 Å². The van der Waals surface area contributed by atoms with E-state index in [0.717, 1.165) is 57.8 Å². The van der Waals surface area contributed by atoms with Gasteiger partial charge >= 0.3 is 5.97 Å². The molecule has 4 heteroatoms. The summed E-state index contributed by atoms with van der Waals surface area (Å²) < 4.78 is 12.2. The Balaban J connectivity index is 2.15. The number of aliphatic hydroxyl groups is 1. The molecular weight excluding hydrogens is 508 g/mol. The lowest BCUT2D eigenvalue weighted by Crippen LogP contribution is -2.27. The smallest absolute Gasteiger partial charge is 0.306 e. The number of hydrogen-bond acceptors (Lipinski definition) is 4. The van der Waals surface area contributed by atoms with Gasteiger partial charge in [0.25, 0.3) is 0 Å². The third-order valence-electron chi connectivity index (χ3n) is 8.93. The Morgan fingerprint density at radius 2 is 1.24 bits per heavy atom. The molecule has 0 amide bonds. The predicted octanol–water partition coefficient (Wildman–Crippen LogP) is 11.2. The number of unbranched alkanes of at least 4 members (excludes halogenated alkanes) is 21. The lowest BCUT2D eigenvalue weighted by atomic mass is 10.00. The third-order valence-corrected chi connectivity index (χ3v) is 8.93. The number of aliphatic hydroxyl groups excluding tert-OH is 1. The first kappa shape index (κ1) is 38.2. The van der Waals surface area contributed by atoms with Crippen LogP contribution in [0.2, 0.25) is 0 Å². The highest BCUT2D eigenvalue weighted by Gasteiger charge is 2.40. The van der Waals surface area contributed by atoms with Gasteiger partial charge in [0.2, 0.25) is 0 Å². The molecule has 242 valence electrons. The molecule has 0 saturated carbocycles. The molecule has 1 aliphatic rings. The molecular formula is C37H70O4. The summed E-state index contributed by atoms with van der Waals surface area (Å²) in [6.45, 7) is 8.27. The van der Waals surface area contributed by atoms with Gasteiger partial charge in [-0.3, -0.25) is 4.79 Å². The summed E-state index contributed by atoms with van der Waals surface area (Å²) in [6.07, 6.45) is 34.1. The highest BCUT2D eigenvalue weighted by atomic mass is 16.6. The van der Waals surface area contributed by atoms with E-state index in [2.05, 4.69) is 20.4 Å². The second-order valence-corrected chi connectivity index (χ2v) is 12.9. The van der Waals surface area contributed by atoms with Gasteiger partial charge in [-0.1, -0.05) is 155 Å². The fraction of sp³-hybridized carbons (Fsp3) is 0.919. The van der Waals surface area contributed by atoms with Gasteiger partial charge in [-0.15, -0.1) is 6.58 Å². The van der Waals surface area contributed by atoms with Gasteiger partial charge in [0.1, 0.15) is 6.10 Å². The molecule has 0 radical (unpaired) electrons. The molecule has 0 aromatic heterocycles. The van der Waals surface area contributed by atoms with Crippen molar-refractivity contribution in [1.82, 2.24) is 0 Å². The molecule has 0 spiro atoms. The molecule has 1 saturated heterocycles. The highest BCUT2D eigenvalue weighted by molar-refractivity contribution is 5.69. The Hall–Kier alpha value is -0.870. The van der Waals surface area contributed by atoms with Gasteiger partial charge in [0.05, 0.1) is 18.3 Å². The van der Waals surface area contributed by atoms with Crippen molar-refractivity contribution in [2.24, 2.45) is 0 Å². The molecule has 1 fully saturated rings.